The first-order valence-corrected chi connectivity index (χ1v) is 23.6. The maximum atomic E-state index is 10.1. The van der Waals surface area contributed by atoms with E-state index in [9.17, 15) is 4.11 Å². The molecule has 0 saturated heterocycles. The summed E-state index contributed by atoms with van der Waals surface area (Å²) >= 11 is 0. The van der Waals surface area contributed by atoms with Crippen LogP contribution in [0.25, 0.3) is 94.5 Å². The molecule has 0 amide bonds. The van der Waals surface area contributed by atoms with Crippen LogP contribution >= 0.6 is 0 Å². The van der Waals surface area contributed by atoms with Gasteiger partial charge in [0.2, 0.25) is 0 Å². The Kier molecular flexibility index (Phi) is 8.24. The van der Waals surface area contributed by atoms with Gasteiger partial charge in [-0.05, 0) is 120 Å². The fourth-order valence-corrected chi connectivity index (χ4v) is 9.12. The van der Waals surface area contributed by atoms with Crippen molar-refractivity contribution < 1.29 is 55.0 Å². The first-order chi connectivity index (χ1) is 42.9. The van der Waals surface area contributed by atoms with Crippen LogP contribution in [0.15, 0.2) is 218 Å². The number of rotatable bonds is 9. The first kappa shape index (κ1) is 31.5. The molecule has 0 atom stereocenters. The van der Waals surface area contributed by atoms with Gasteiger partial charge in [0.25, 0.3) is 6.33 Å². The van der Waals surface area contributed by atoms with Gasteiger partial charge in [0, 0.05) is 44.3 Å². The molecule has 3 aromatic heterocycles. The van der Waals surface area contributed by atoms with E-state index < -0.39 is 136 Å². The van der Waals surface area contributed by atoms with Crippen molar-refractivity contribution >= 4 is 32.8 Å². The third kappa shape index (κ3) is 9.07. The number of para-hydroxylation sites is 2. The van der Waals surface area contributed by atoms with E-state index in [1.165, 1.54) is 0 Å². The van der Waals surface area contributed by atoms with Gasteiger partial charge in [-0.1, -0.05) is 186 Å². The van der Waals surface area contributed by atoms with Gasteiger partial charge in [-0.2, -0.15) is 18.2 Å². The third-order valence-corrected chi connectivity index (χ3v) is 12.6. The predicted octanol–water partition coefficient (Wildman–Crippen LogP) is 16.9. The second-order valence-corrected chi connectivity index (χ2v) is 19.5. The Balaban J connectivity index is 0.00000867. The Morgan fingerprint density at radius 1 is 0.541 bits per heavy atom. The van der Waals surface area contributed by atoms with E-state index in [1.54, 1.807) is 63.9 Å². The second kappa shape index (κ2) is 19.4. The van der Waals surface area contributed by atoms with Crippen LogP contribution in [-0.4, -0.2) is 14.1 Å². The van der Waals surface area contributed by atoms with Crippen LogP contribution in [-0.2, 0) is 31.9 Å². The van der Waals surface area contributed by atoms with E-state index in [4.69, 9.17) is 30.3 Å². The number of fused-ring (bicyclic) bond motifs is 4. The normalized spacial score (nSPS) is 15.2. The fourth-order valence-electron chi connectivity index (χ4n) is 9.12. The smallest absolute Gasteiger partial charge is 0.268 e. The minimum Gasteiger partial charge on any atom is -0.510 e. The number of nitrogens with zero attached hydrogens (tertiary/aromatic N) is 4. The van der Waals surface area contributed by atoms with Crippen LogP contribution < -0.4 is 9.30 Å². The SMILES string of the molecule is [2H]c1c([2H])c([2H])c(-c2ccc3c(c2)n(-c2[c-]c(Oc4[c-]c5c(cc4)c4ccccc4n5-c4cc(C(C)(C)C)ccn4)ccc2)[c-][n+]3-c2c(-c3c([2H])c(-c4c([2H])c([2H])c([2H])c([2H])c4[2H])c([2H])c(-c4c([2H])c([2H])c([2H])c([2H])c4[2H])c3[2H])cccc2C(C)(C)C)c([2H])c1[2H].[Pt]. The van der Waals surface area contributed by atoms with Crippen molar-refractivity contribution in [3.63, 3.8) is 0 Å². The van der Waals surface area contributed by atoms with Crippen LogP contribution in [0.4, 0.5) is 0 Å². The van der Waals surface area contributed by atoms with E-state index in [0.29, 0.717) is 39.4 Å². The number of benzene rings is 9. The molecule has 12 rings (SSSR count). The van der Waals surface area contributed by atoms with E-state index in [0.717, 1.165) is 21.9 Å². The number of ether oxygens (including phenoxy) is 1. The van der Waals surface area contributed by atoms with Crippen molar-refractivity contribution in [2.45, 2.75) is 52.4 Å². The van der Waals surface area contributed by atoms with E-state index in [2.05, 4.69) is 45.3 Å². The van der Waals surface area contributed by atoms with E-state index in [1.807, 2.05) is 73.9 Å². The van der Waals surface area contributed by atoms with Gasteiger partial charge in [0.15, 0.2) is 0 Å². The molecule has 5 nitrogen and oxygen atoms in total. The zero-order valence-corrected chi connectivity index (χ0v) is 43.2. The molecule has 0 unspecified atom stereocenters. The molecule has 9 aromatic carbocycles. The van der Waals surface area contributed by atoms with Gasteiger partial charge < -0.3 is 13.9 Å². The van der Waals surface area contributed by atoms with Gasteiger partial charge >= 0.3 is 0 Å². The predicted molar refractivity (Wildman–Crippen MR) is 299 cm³/mol. The number of hydrogen-bond donors (Lipinski definition) is 0. The van der Waals surface area contributed by atoms with E-state index >= 15 is 0 Å². The van der Waals surface area contributed by atoms with Crippen LogP contribution in [0.2, 0.25) is 0 Å². The average molecular weight is 1160 g/mol. The fraction of sp³-hybridized carbons (Fsp3) is 0.118. The molecule has 0 bridgehead atoms. The molecule has 0 saturated carbocycles. The van der Waals surface area contributed by atoms with Crippen molar-refractivity contribution in [1.29, 1.82) is 0 Å². The molecule has 0 aliphatic carbocycles. The summed E-state index contributed by atoms with van der Waals surface area (Å²) < 4.78 is 174. The van der Waals surface area contributed by atoms with Crippen LogP contribution in [0.3, 0.4) is 0 Å². The summed E-state index contributed by atoms with van der Waals surface area (Å²) in [7, 11) is 0. The van der Waals surface area contributed by atoms with Gasteiger partial charge in [0.1, 0.15) is 5.82 Å². The molecule has 74 heavy (non-hydrogen) atoms. The zero-order chi connectivity index (χ0) is 65.5. The number of hydrogen-bond acceptors (Lipinski definition) is 2. The van der Waals surface area contributed by atoms with Crippen molar-refractivity contribution in [1.82, 2.24) is 14.1 Å². The summed E-state index contributed by atoms with van der Waals surface area (Å²) in [6.45, 7) is 12.2. The molecule has 6 heteroatoms. The molecule has 0 N–H and O–H groups in total. The molecular formula is C68H54N4OPt-2. The summed E-state index contributed by atoms with van der Waals surface area (Å²) in [6.07, 6.45) is 5.28. The first-order valence-electron chi connectivity index (χ1n) is 32.6. The molecule has 0 aliphatic rings. The van der Waals surface area contributed by atoms with Gasteiger partial charge in [-0.15, -0.1) is 29.7 Å². The van der Waals surface area contributed by atoms with Crippen molar-refractivity contribution in [3.8, 4) is 73.2 Å². The topological polar surface area (TPSA) is 35.9 Å². The summed E-state index contributed by atoms with van der Waals surface area (Å²) in [5.41, 5.74) is 1.08. The number of aromatic nitrogens is 4. The molecular weight excluding hydrogens is 1080 g/mol. The summed E-state index contributed by atoms with van der Waals surface area (Å²) in [4.78, 5) is 4.82. The Morgan fingerprint density at radius 3 is 1.85 bits per heavy atom. The average Bonchev–Trinajstić information content (AvgIpc) is 1.12. The Morgan fingerprint density at radius 2 is 1.18 bits per heavy atom. The Bertz CT molecular complexity index is 4940. The van der Waals surface area contributed by atoms with Gasteiger partial charge in [-0.25, -0.2) is 4.98 Å². The number of imidazole rings is 1. The van der Waals surface area contributed by atoms with Crippen molar-refractivity contribution in [2.75, 3.05) is 0 Å². The molecule has 364 valence electrons. The standard InChI is InChI=1S/C68H54N4O.Pt/c1-67(2,3)53-36-37-69-65(42-53)72-61-31-17-16-28-58(61)59-34-33-56(44-63(59)72)73-55-27-18-26-54(43-55)70-45-71(62-35-32-49(41-64(62)70)46-20-10-7-11-21-46)66-57(29-19-30-60(66)68(4,5)6)52-39-50(47-22-12-8-13-23-47)38-51(40-52)48-24-14-9-15-25-48;/h7-42H,1-6H3;/q-2;/i7D,8D,9D,10D,11D,12D,13D,14D,15D,20D,21D,22D,23D,24D,25D,38D,39D,40D;. The minimum absolute atomic E-state index is 0. The largest absolute Gasteiger partial charge is 0.510 e. The van der Waals surface area contributed by atoms with Gasteiger partial charge in [0.05, 0.1) is 41.4 Å². The summed E-state index contributed by atoms with van der Waals surface area (Å²) in [5, 5.41) is 1.89. The van der Waals surface area contributed by atoms with Crippen LogP contribution in [0, 0.1) is 18.5 Å². The van der Waals surface area contributed by atoms with Crippen LogP contribution in [0.5, 0.6) is 11.5 Å². The second-order valence-electron chi connectivity index (χ2n) is 19.5. The molecule has 0 spiro atoms. The van der Waals surface area contributed by atoms with Crippen molar-refractivity contribution in [3.05, 3.63) is 248 Å². The Hall–Kier alpha value is -8.11. The summed E-state index contributed by atoms with van der Waals surface area (Å²) in [5.74, 6) is 1.26. The zero-order valence-electron chi connectivity index (χ0n) is 58.9. The molecule has 3 heterocycles. The van der Waals surface area contributed by atoms with Crippen molar-refractivity contribution in [2.24, 2.45) is 0 Å². The molecule has 12 aromatic rings. The Labute approximate surface area is 473 Å². The molecule has 0 fully saturated rings. The maximum Gasteiger partial charge on any atom is 0.268 e. The van der Waals surface area contributed by atoms with Gasteiger partial charge in [-0.3, -0.25) is 4.57 Å². The molecule has 0 aliphatic heterocycles. The molecule has 0 radical (unpaired) electrons. The minimum atomic E-state index is -0.812. The third-order valence-electron chi connectivity index (χ3n) is 12.6. The maximum absolute atomic E-state index is 10.1. The number of pyridine rings is 1. The monoisotopic (exact) mass is 1160 g/mol. The summed E-state index contributed by atoms with van der Waals surface area (Å²) in [6, 6.07) is 25.2. The van der Waals surface area contributed by atoms with E-state index in [-0.39, 0.29) is 60.2 Å². The van der Waals surface area contributed by atoms with Crippen LogP contribution in [0.1, 0.15) is 77.3 Å². The quantitative estimate of drug-likeness (QED) is 0.107.